The molecule has 2 heteroatoms. The van der Waals surface area contributed by atoms with Crippen molar-refractivity contribution in [3.8, 4) is 44.5 Å². The average molecular weight is 734 g/mol. The molecule has 0 N–H and O–H groups in total. The maximum Gasteiger partial charge on any atom is 0.136 e. The van der Waals surface area contributed by atoms with Gasteiger partial charge in [0.2, 0.25) is 0 Å². The largest absolute Gasteiger partial charge is 0.456 e. The SMILES string of the molecule is CC1(C)c2ccccc2-c2cc(-c3cccc(CN(c4ccc(-c5cccc6oc7ccccc7c56)cc4)c4ccc5c(c4)C(C)(C)c4ccccc4-5)c3)ccc21. The Morgan fingerprint density at radius 2 is 0.982 bits per heavy atom. The van der Waals surface area contributed by atoms with Gasteiger partial charge in [-0.2, -0.15) is 0 Å². The summed E-state index contributed by atoms with van der Waals surface area (Å²) in [5, 5.41) is 2.31. The molecule has 0 radical (unpaired) electrons. The van der Waals surface area contributed by atoms with Crippen LogP contribution in [0.3, 0.4) is 0 Å². The lowest BCUT2D eigenvalue weighted by Gasteiger charge is -2.28. The summed E-state index contributed by atoms with van der Waals surface area (Å²) in [5.41, 5.74) is 21.1. The van der Waals surface area contributed by atoms with Gasteiger partial charge in [0.25, 0.3) is 0 Å². The molecule has 0 atom stereocenters. The van der Waals surface area contributed by atoms with E-state index in [2.05, 4.69) is 202 Å². The summed E-state index contributed by atoms with van der Waals surface area (Å²) in [4.78, 5) is 2.48. The lowest BCUT2D eigenvalue weighted by atomic mass is 9.82. The first-order valence-corrected chi connectivity index (χ1v) is 20.1. The van der Waals surface area contributed by atoms with Crippen molar-refractivity contribution in [1.29, 1.82) is 0 Å². The van der Waals surface area contributed by atoms with Gasteiger partial charge in [0.05, 0.1) is 0 Å². The number of nitrogens with zero attached hydrogens (tertiary/aromatic N) is 1. The van der Waals surface area contributed by atoms with E-state index in [1.807, 2.05) is 6.07 Å². The lowest BCUT2D eigenvalue weighted by molar-refractivity contribution is 0.660. The van der Waals surface area contributed by atoms with Crippen molar-refractivity contribution in [1.82, 2.24) is 0 Å². The smallest absolute Gasteiger partial charge is 0.136 e. The Labute approximate surface area is 334 Å². The highest BCUT2D eigenvalue weighted by Gasteiger charge is 2.36. The summed E-state index contributed by atoms with van der Waals surface area (Å²) >= 11 is 0. The number of furan rings is 1. The van der Waals surface area contributed by atoms with Gasteiger partial charge in [-0.1, -0.05) is 155 Å². The number of fused-ring (bicyclic) bond motifs is 9. The summed E-state index contributed by atoms with van der Waals surface area (Å²) in [5.74, 6) is 0. The van der Waals surface area contributed by atoms with E-state index in [1.54, 1.807) is 0 Å². The van der Waals surface area contributed by atoms with Crippen LogP contribution in [0.2, 0.25) is 0 Å². The minimum absolute atomic E-state index is 0.00697. The Hall–Kier alpha value is -6.64. The van der Waals surface area contributed by atoms with Gasteiger partial charge in [-0.25, -0.2) is 0 Å². The van der Waals surface area contributed by atoms with E-state index in [4.69, 9.17) is 4.42 Å². The van der Waals surface area contributed by atoms with Gasteiger partial charge in [-0.05, 0) is 121 Å². The highest BCUT2D eigenvalue weighted by atomic mass is 16.3. The topological polar surface area (TPSA) is 16.4 Å². The van der Waals surface area contributed by atoms with Gasteiger partial charge in [-0.3, -0.25) is 0 Å². The minimum atomic E-state index is -0.0931. The van der Waals surface area contributed by atoms with E-state index in [9.17, 15) is 0 Å². The van der Waals surface area contributed by atoms with Crippen LogP contribution in [-0.4, -0.2) is 0 Å². The summed E-state index contributed by atoms with van der Waals surface area (Å²) in [6.45, 7) is 10.1. The molecule has 1 aromatic heterocycles. The molecule has 2 aliphatic carbocycles. The molecule has 11 rings (SSSR count). The highest BCUT2D eigenvalue weighted by Crippen LogP contribution is 2.51. The molecule has 0 spiro atoms. The Morgan fingerprint density at radius 1 is 0.404 bits per heavy atom. The summed E-state index contributed by atoms with van der Waals surface area (Å²) < 4.78 is 6.26. The van der Waals surface area contributed by atoms with Crippen molar-refractivity contribution in [3.05, 3.63) is 204 Å². The van der Waals surface area contributed by atoms with Crippen molar-refractivity contribution in [3.63, 3.8) is 0 Å². The van der Waals surface area contributed by atoms with E-state index in [-0.39, 0.29) is 10.8 Å². The first-order chi connectivity index (χ1) is 27.8. The van der Waals surface area contributed by atoms with Crippen LogP contribution < -0.4 is 4.90 Å². The standard InChI is InChI=1S/C55H43NO/c1-54(2)48-20-9-6-16-43(48)46-32-38(25-30-49(46)54)37-14-11-13-35(31-37)34-56(40-28-29-44-42-15-5-8-19-47(42)55(3,4)50(44)33-40)39-26-23-36(24-27-39)41-18-12-22-52-53(41)45-17-7-10-21-51(45)57-52/h5-33H,34H2,1-4H3. The average Bonchev–Trinajstić information content (AvgIpc) is 3.82. The zero-order valence-corrected chi connectivity index (χ0v) is 32.8. The molecule has 57 heavy (non-hydrogen) atoms. The maximum absolute atomic E-state index is 6.26. The Balaban J connectivity index is 1.00. The Morgan fingerprint density at radius 3 is 1.79 bits per heavy atom. The minimum Gasteiger partial charge on any atom is -0.456 e. The van der Waals surface area contributed by atoms with Crippen LogP contribution in [0.1, 0.15) is 55.5 Å². The molecule has 0 aliphatic heterocycles. The third-order valence-corrected chi connectivity index (χ3v) is 13.0. The maximum atomic E-state index is 6.26. The molecule has 8 aromatic carbocycles. The molecular formula is C55H43NO. The van der Waals surface area contributed by atoms with E-state index < -0.39 is 0 Å². The fourth-order valence-corrected chi connectivity index (χ4v) is 9.96. The number of para-hydroxylation sites is 1. The molecule has 9 aromatic rings. The fourth-order valence-electron chi connectivity index (χ4n) is 9.96. The van der Waals surface area contributed by atoms with Crippen LogP contribution in [0, 0.1) is 0 Å². The quantitative estimate of drug-likeness (QED) is 0.169. The summed E-state index contributed by atoms with van der Waals surface area (Å²) in [6, 6.07) is 64.9. The first-order valence-electron chi connectivity index (χ1n) is 20.1. The number of hydrogen-bond donors (Lipinski definition) is 0. The number of hydrogen-bond acceptors (Lipinski definition) is 2. The third kappa shape index (κ3) is 5.17. The van der Waals surface area contributed by atoms with Crippen LogP contribution in [0.5, 0.6) is 0 Å². The van der Waals surface area contributed by atoms with Crippen molar-refractivity contribution in [2.75, 3.05) is 4.90 Å². The zero-order valence-electron chi connectivity index (χ0n) is 32.8. The van der Waals surface area contributed by atoms with Gasteiger partial charge in [0.15, 0.2) is 0 Å². The van der Waals surface area contributed by atoms with Gasteiger partial charge in [0.1, 0.15) is 11.2 Å². The van der Waals surface area contributed by atoms with Gasteiger partial charge in [0, 0.05) is 39.5 Å². The van der Waals surface area contributed by atoms with Gasteiger partial charge in [-0.15, -0.1) is 0 Å². The Bertz CT molecular complexity index is 3050. The molecule has 0 fully saturated rings. The van der Waals surface area contributed by atoms with E-state index in [0.717, 1.165) is 34.2 Å². The highest BCUT2D eigenvalue weighted by molar-refractivity contribution is 6.12. The molecule has 0 unspecified atom stereocenters. The fraction of sp³-hybridized carbons (Fsp3) is 0.127. The van der Waals surface area contributed by atoms with Crippen LogP contribution in [0.15, 0.2) is 180 Å². The van der Waals surface area contributed by atoms with E-state index >= 15 is 0 Å². The van der Waals surface area contributed by atoms with Crippen LogP contribution in [0.25, 0.3) is 66.4 Å². The monoisotopic (exact) mass is 733 g/mol. The van der Waals surface area contributed by atoms with Crippen molar-refractivity contribution in [2.45, 2.75) is 45.1 Å². The van der Waals surface area contributed by atoms with Crippen LogP contribution in [0.4, 0.5) is 11.4 Å². The van der Waals surface area contributed by atoms with Crippen molar-refractivity contribution < 1.29 is 4.42 Å². The van der Waals surface area contributed by atoms with Crippen molar-refractivity contribution in [2.24, 2.45) is 0 Å². The lowest BCUT2D eigenvalue weighted by Crippen LogP contribution is -2.19. The predicted octanol–water partition coefficient (Wildman–Crippen LogP) is 14.9. The first kappa shape index (κ1) is 33.7. The summed E-state index contributed by atoms with van der Waals surface area (Å²) in [7, 11) is 0. The zero-order chi connectivity index (χ0) is 38.5. The van der Waals surface area contributed by atoms with Crippen LogP contribution >= 0.6 is 0 Å². The van der Waals surface area contributed by atoms with Gasteiger partial charge >= 0.3 is 0 Å². The number of benzene rings is 8. The molecule has 1 heterocycles. The molecule has 2 aliphatic rings. The van der Waals surface area contributed by atoms with Crippen LogP contribution in [-0.2, 0) is 17.4 Å². The second-order valence-corrected chi connectivity index (χ2v) is 16.9. The number of rotatable bonds is 6. The van der Waals surface area contributed by atoms with E-state index in [0.29, 0.717) is 0 Å². The second-order valence-electron chi connectivity index (χ2n) is 16.9. The molecule has 274 valence electrons. The normalized spacial score (nSPS) is 14.3. The number of anilines is 2. The predicted molar refractivity (Wildman–Crippen MR) is 238 cm³/mol. The van der Waals surface area contributed by atoms with Crippen molar-refractivity contribution >= 4 is 33.3 Å². The molecule has 0 saturated heterocycles. The molecule has 0 saturated carbocycles. The molecular weight excluding hydrogens is 691 g/mol. The third-order valence-electron chi connectivity index (χ3n) is 13.0. The van der Waals surface area contributed by atoms with Gasteiger partial charge < -0.3 is 9.32 Å². The molecule has 2 nitrogen and oxygen atoms in total. The van der Waals surface area contributed by atoms with E-state index in [1.165, 1.54) is 78.0 Å². The molecule has 0 bridgehead atoms. The Kier molecular flexibility index (Phi) is 7.35. The molecule has 0 amide bonds. The summed E-state index contributed by atoms with van der Waals surface area (Å²) in [6.07, 6.45) is 0. The second kappa shape index (κ2) is 12.4.